The molecule has 0 saturated heterocycles. The topological polar surface area (TPSA) is 22.8 Å². The lowest BCUT2D eigenvalue weighted by Crippen LogP contribution is -1.96. The smallest absolute Gasteiger partial charge is 0.146 e. The molecule has 0 aliphatic carbocycles. The molecule has 0 aliphatic rings. The van der Waals surface area contributed by atoms with E-state index < -0.39 is 0 Å². The van der Waals surface area contributed by atoms with Gasteiger partial charge in [-0.25, -0.2) is 4.98 Å². The molecule has 0 fully saturated rings. The van der Waals surface area contributed by atoms with Gasteiger partial charge in [0, 0.05) is 27.5 Å². The van der Waals surface area contributed by atoms with Crippen LogP contribution in [-0.2, 0) is 0 Å². The van der Waals surface area contributed by atoms with Gasteiger partial charge < -0.3 is 4.57 Å². The molecule has 4 aromatic carbocycles. The average molecular weight is 424 g/mol. The van der Waals surface area contributed by atoms with Crippen LogP contribution in [0.3, 0.4) is 0 Å². The van der Waals surface area contributed by atoms with Gasteiger partial charge in [-0.15, -0.1) is 0 Å². The number of fused-ring (bicyclic) bond motifs is 6. The van der Waals surface area contributed by atoms with E-state index in [4.69, 9.17) is 4.98 Å². The molecule has 7 rings (SSSR count). The summed E-state index contributed by atoms with van der Waals surface area (Å²) in [5.41, 5.74) is 9.02. The van der Waals surface area contributed by atoms with Crippen LogP contribution in [0, 0.1) is 6.92 Å². The van der Waals surface area contributed by atoms with E-state index in [1.807, 2.05) is 0 Å². The monoisotopic (exact) mass is 423 g/mol. The number of hydrogen-bond acceptors (Lipinski definition) is 1. The van der Waals surface area contributed by atoms with Gasteiger partial charge in [0.15, 0.2) is 0 Å². The second-order valence-corrected chi connectivity index (χ2v) is 8.61. The predicted molar refractivity (Wildman–Crippen MR) is 138 cm³/mol. The first-order valence-corrected chi connectivity index (χ1v) is 11.3. The van der Waals surface area contributed by atoms with Crippen LogP contribution < -0.4 is 0 Å². The first-order valence-electron chi connectivity index (χ1n) is 11.3. The molecule has 0 bridgehead atoms. The van der Waals surface area contributed by atoms with Crippen molar-refractivity contribution in [1.82, 2.24) is 14.1 Å². The third-order valence-corrected chi connectivity index (χ3v) is 6.54. The standard InChI is InChI=1S/C30H21N3/c1-20-10-9-13-22(18-20)32-27-17-8-6-15-24(27)29-28(32)19-25-23-14-5-7-16-26(23)33(30(25)31-29)21-11-3-2-4-12-21/h2-19H,1H3. The predicted octanol–water partition coefficient (Wildman–Crippen LogP) is 7.58. The van der Waals surface area contributed by atoms with Crippen LogP contribution in [0.1, 0.15) is 5.56 Å². The van der Waals surface area contributed by atoms with E-state index in [1.54, 1.807) is 0 Å². The fourth-order valence-corrected chi connectivity index (χ4v) is 5.12. The van der Waals surface area contributed by atoms with Crippen LogP contribution in [0.15, 0.2) is 109 Å². The first-order chi connectivity index (χ1) is 16.3. The van der Waals surface area contributed by atoms with Crippen molar-refractivity contribution in [3.63, 3.8) is 0 Å². The summed E-state index contributed by atoms with van der Waals surface area (Å²) in [6.45, 7) is 2.14. The molecular formula is C30H21N3. The van der Waals surface area contributed by atoms with Crippen molar-refractivity contribution in [2.24, 2.45) is 0 Å². The maximum absolute atomic E-state index is 5.33. The number of aromatic nitrogens is 3. The summed E-state index contributed by atoms with van der Waals surface area (Å²) >= 11 is 0. The molecule has 0 radical (unpaired) electrons. The maximum Gasteiger partial charge on any atom is 0.146 e. The molecule has 0 saturated carbocycles. The molecule has 0 atom stereocenters. The van der Waals surface area contributed by atoms with Crippen LogP contribution in [-0.4, -0.2) is 14.1 Å². The van der Waals surface area contributed by atoms with Crippen LogP contribution in [0.4, 0.5) is 0 Å². The van der Waals surface area contributed by atoms with Gasteiger partial charge in [-0.1, -0.05) is 66.7 Å². The Kier molecular flexibility index (Phi) is 3.76. The van der Waals surface area contributed by atoms with Crippen molar-refractivity contribution in [1.29, 1.82) is 0 Å². The second kappa shape index (κ2) is 6.81. The van der Waals surface area contributed by atoms with Gasteiger partial charge in [-0.05, 0) is 55.0 Å². The fourth-order valence-electron chi connectivity index (χ4n) is 5.12. The zero-order chi connectivity index (χ0) is 21.9. The molecule has 156 valence electrons. The van der Waals surface area contributed by atoms with Crippen LogP contribution in [0.25, 0.3) is 55.2 Å². The zero-order valence-electron chi connectivity index (χ0n) is 18.2. The maximum atomic E-state index is 5.33. The summed E-state index contributed by atoms with van der Waals surface area (Å²) < 4.78 is 4.63. The Morgan fingerprint density at radius 1 is 0.515 bits per heavy atom. The summed E-state index contributed by atoms with van der Waals surface area (Å²) in [4.78, 5) is 5.33. The molecule has 3 heterocycles. The van der Waals surface area contributed by atoms with Gasteiger partial charge in [0.2, 0.25) is 0 Å². The van der Waals surface area contributed by atoms with E-state index in [0.29, 0.717) is 0 Å². The molecule has 0 N–H and O–H groups in total. The number of aryl methyl sites for hydroxylation is 1. The lowest BCUT2D eigenvalue weighted by atomic mass is 10.2. The van der Waals surface area contributed by atoms with Crippen molar-refractivity contribution in [2.75, 3.05) is 0 Å². The molecule has 3 nitrogen and oxygen atoms in total. The Morgan fingerprint density at radius 3 is 1.97 bits per heavy atom. The molecule has 3 heteroatoms. The summed E-state index contributed by atoms with van der Waals surface area (Å²) in [6, 6.07) is 38.7. The van der Waals surface area contributed by atoms with E-state index in [-0.39, 0.29) is 0 Å². The molecule has 0 aliphatic heterocycles. The minimum absolute atomic E-state index is 0.988. The van der Waals surface area contributed by atoms with Gasteiger partial charge in [0.25, 0.3) is 0 Å². The van der Waals surface area contributed by atoms with Crippen LogP contribution >= 0.6 is 0 Å². The van der Waals surface area contributed by atoms with E-state index in [1.165, 1.54) is 32.8 Å². The Bertz CT molecular complexity index is 1820. The number of para-hydroxylation sites is 3. The highest BCUT2D eigenvalue weighted by Gasteiger charge is 2.19. The Labute approximate surface area is 191 Å². The molecule has 7 aromatic rings. The molecule has 33 heavy (non-hydrogen) atoms. The SMILES string of the molecule is Cc1cccc(-n2c3ccccc3c3nc4c(cc32)c2ccccc2n4-c2ccccc2)c1. The highest BCUT2D eigenvalue weighted by molar-refractivity contribution is 6.15. The Hall–Kier alpha value is -4.37. The molecule has 3 aromatic heterocycles. The Morgan fingerprint density at radius 2 is 1.18 bits per heavy atom. The number of benzene rings is 4. The minimum Gasteiger partial charge on any atom is -0.308 e. The quantitative estimate of drug-likeness (QED) is 0.281. The van der Waals surface area contributed by atoms with Gasteiger partial charge in [0.05, 0.1) is 22.1 Å². The zero-order valence-corrected chi connectivity index (χ0v) is 18.2. The Balaban J connectivity index is 1.69. The van der Waals surface area contributed by atoms with Crippen molar-refractivity contribution in [3.8, 4) is 11.4 Å². The normalized spacial score (nSPS) is 11.8. The molecular weight excluding hydrogens is 402 g/mol. The highest BCUT2D eigenvalue weighted by Crippen LogP contribution is 2.37. The van der Waals surface area contributed by atoms with E-state index in [0.717, 1.165) is 28.1 Å². The number of hydrogen-bond donors (Lipinski definition) is 0. The van der Waals surface area contributed by atoms with Crippen molar-refractivity contribution < 1.29 is 0 Å². The van der Waals surface area contributed by atoms with E-state index in [9.17, 15) is 0 Å². The largest absolute Gasteiger partial charge is 0.308 e. The number of pyridine rings is 1. The molecule has 0 unspecified atom stereocenters. The number of nitrogens with zero attached hydrogens (tertiary/aromatic N) is 3. The molecule has 0 spiro atoms. The summed E-state index contributed by atoms with van der Waals surface area (Å²) in [7, 11) is 0. The average Bonchev–Trinajstić information content (AvgIpc) is 3.35. The number of rotatable bonds is 2. The second-order valence-electron chi connectivity index (χ2n) is 8.61. The van der Waals surface area contributed by atoms with Gasteiger partial charge in [-0.3, -0.25) is 4.57 Å². The third kappa shape index (κ3) is 2.60. The highest BCUT2D eigenvalue weighted by atomic mass is 15.1. The van der Waals surface area contributed by atoms with Crippen molar-refractivity contribution in [3.05, 3.63) is 115 Å². The van der Waals surface area contributed by atoms with Crippen molar-refractivity contribution in [2.45, 2.75) is 6.92 Å². The molecule has 0 amide bonds. The lowest BCUT2D eigenvalue weighted by Gasteiger charge is -2.09. The summed E-state index contributed by atoms with van der Waals surface area (Å²) in [5, 5.41) is 3.55. The van der Waals surface area contributed by atoms with Crippen LogP contribution in [0.5, 0.6) is 0 Å². The fraction of sp³-hybridized carbons (Fsp3) is 0.0333. The minimum atomic E-state index is 0.988. The van der Waals surface area contributed by atoms with E-state index >= 15 is 0 Å². The first kappa shape index (κ1) is 18.2. The van der Waals surface area contributed by atoms with Gasteiger partial charge in [-0.2, -0.15) is 0 Å². The van der Waals surface area contributed by atoms with Crippen molar-refractivity contribution >= 4 is 43.9 Å². The lowest BCUT2D eigenvalue weighted by molar-refractivity contribution is 1.14. The summed E-state index contributed by atoms with van der Waals surface area (Å²) in [6.07, 6.45) is 0. The van der Waals surface area contributed by atoms with Gasteiger partial charge in [0.1, 0.15) is 5.65 Å². The third-order valence-electron chi connectivity index (χ3n) is 6.54. The summed E-state index contributed by atoms with van der Waals surface area (Å²) in [5.74, 6) is 0. The van der Waals surface area contributed by atoms with E-state index in [2.05, 4.69) is 125 Å². The van der Waals surface area contributed by atoms with Crippen LogP contribution in [0.2, 0.25) is 0 Å². The van der Waals surface area contributed by atoms with Gasteiger partial charge >= 0.3 is 0 Å².